The van der Waals surface area contributed by atoms with E-state index in [0.717, 1.165) is 34.2 Å². The number of halogens is 2. The average molecular weight is 349 g/mol. The summed E-state index contributed by atoms with van der Waals surface area (Å²) < 4.78 is 2.02. The lowest BCUT2D eigenvalue weighted by Crippen LogP contribution is -2.08. The standard InChI is InChI=1S/C15H10Cl2N4S/c1-8-19-20-14-5-18-15(11-6-22-7-12(11)17)10-4-9(16)2-3-13(10)21(8)14/h2-4,6-7H,5H2,1H3. The molecule has 7 heteroatoms. The largest absolute Gasteiger partial charge is 0.281 e. The zero-order valence-corrected chi connectivity index (χ0v) is 13.9. The first-order valence-corrected chi connectivity index (χ1v) is 8.32. The Bertz CT molecular complexity index is 910. The van der Waals surface area contributed by atoms with Crippen molar-refractivity contribution < 1.29 is 0 Å². The molecule has 1 aromatic carbocycles. The molecule has 1 aliphatic rings. The predicted molar refractivity (Wildman–Crippen MR) is 89.8 cm³/mol. The monoisotopic (exact) mass is 348 g/mol. The van der Waals surface area contributed by atoms with Crippen LogP contribution in [0.3, 0.4) is 0 Å². The summed E-state index contributed by atoms with van der Waals surface area (Å²) in [6.45, 7) is 2.38. The second-order valence-corrected chi connectivity index (χ2v) is 6.55. The molecule has 0 radical (unpaired) electrons. The van der Waals surface area contributed by atoms with Gasteiger partial charge in [-0.3, -0.25) is 9.56 Å². The molecular weight excluding hydrogens is 339 g/mol. The lowest BCUT2D eigenvalue weighted by atomic mass is 10.0. The zero-order valence-electron chi connectivity index (χ0n) is 11.5. The first-order chi connectivity index (χ1) is 10.6. The number of thiophene rings is 1. The normalized spacial score (nSPS) is 13.3. The van der Waals surface area contributed by atoms with Crippen molar-refractivity contribution in [1.29, 1.82) is 0 Å². The van der Waals surface area contributed by atoms with Crippen molar-refractivity contribution >= 4 is 40.3 Å². The van der Waals surface area contributed by atoms with Gasteiger partial charge < -0.3 is 0 Å². The molecule has 110 valence electrons. The highest BCUT2D eigenvalue weighted by Crippen LogP contribution is 2.31. The van der Waals surface area contributed by atoms with Gasteiger partial charge in [0.05, 0.1) is 16.4 Å². The summed E-state index contributed by atoms with van der Waals surface area (Å²) in [5.41, 5.74) is 3.68. The SMILES string of the molecule is Cc1nnc2n1-c1ccc(Cl)cc1C(c1cscc1Cl)=NC2. The molecule has 0 saturated carbocycles. The van der Waals surface area contributed by atoms with Crippen LogP contribution in [0.5, 0.6) is 0 Å². The fourth-order valence-electron chi connectivity index (χ4n) is 2.63. The Hall–Kier alpha value is -1.69. The van der Waals surface area contributed by atoms with E-state index in [4.69, 9.17) is 28.2 Å². The van der Waals surface area contributed by atoms with Crippen LogP contribution < -0.4 is 0 Å². The smallest absolute Gasteiger partial charge is 0.159 e. The van der Waals surface area contributed by atoms with Crippen LogP contribution in [0.25, 0.3) is 5.69 Å². The lowest BCUT2D eigenvalue weighted by Gasteiger charge is -2.12. The van der Waals surface area contributed by atoms with E-state index in [-0.39, 0.29) is 0 Å². The Kier molecular flexibility index (Phi) is 3.29. The number of benzene rings is 1. The number of aliphatic imine (C=N–C) groups is 1. The van der Waals surface area contributed by atoms with Gasteiger partial charge in [-0.15, -0.1) is 10.2 Å². The summed E-state index contributed by atoms with van der Waals surface area (Å²) in [4.78, 5) is 4.72. The fraction of sp³-hybridized carbons (Fsp3) is 0.133. The van der Waals surface area contributed by atoms with Gasteiger partial charge in [0.2, 0.25) is 0 Å². The summed E-state index contributed by atoms with van der Waals surface area (Å²) in [5.74, 6) is 1.63. The fourth-order valence-corrected chi connectivity index (χ4v) is 3.85. The molecule has 2 aromatic heterocycles. The summed E-state index contributed by atoms with van der Waals surface area (Å²) in [5, 5.41) is 13.6. The van der Waals surface area contributed by atoms with Crippen LogP contribution >= 0.6 is 34.5 Å². The molecule has 0 bridgehead atoms. The lowest BCUT2D eigenvalue weighted by molar-refractivity contribution is 0.862. The van der Waals surface area contributed by atoms with Crippen LogP contribution in [0, 0.1) is 6.92 Å². The van der Waals surface area contributed by atoms with Crippen molar-refractivity contribution in [2.45, 2.75) is 13.5 Å². The van der Waals surface area contributed by atoms with Gasteiger partial charge in [0.25, 0.3) is 0 Å². The molecule has 3 heterocycles. The van der Waals surface area contributed by atoms with E-state index in [1.54, 1.807) is 11.3 Å². The number of hydrogen-bond donors (Lipinski definition) is 0. The summed E-state index contributed by atoms with van der Waals surface area (Å²) in [6, 6.07) is 5.75. The third-order valence-corrected chi connectivity index (χ3v) is 5.02. The van der Waals surface area contributed by atoms with Gasteiger partial charge in [-0.25, -0.2) is 0 Å². The van der Waals surface area contributed by atoms with Crippen molar-refractivity contribution in [2.24, 2.45) is 4.99 Å². The minimum Gasteiger partial charge on any atom is -0.281 e. The molecule has 0 aliphatic carbocycles. The summed E-state index contributed by atoms with van der Waals surface area (Å²) in [6.07, 6.45) is 0. The molecular formula is C15H10Cl2N4S. The molecule has 0 amide bonds. The van der Waals surface area contributed by atoms with E-state index < -0.39 is 0 Å². The van der Waals surface area contributed by atoms with Gasteiger partial charge in [0.15, 0.2) is 5.82 Å². The molecule has 4 nitrogen and oxygen atoms in total. The Balaban J connectivity index is 2.03. The molecule has 0 saturated heterocycles. The van der Waals surface area contributed by atoms with Crippen LogP contribution in [-0.4, -0.2) is 20.5 Å². The Morgan fingerprint density at radius 3 is 2.77 bits per heavy atom. The molecule has 0 spiro atoms. The van der Waals surface area contributed by atoms with Gasteiger partial charge >= 0.3 is 0 Å². The maximum Gasteiger partial charge on any atom is 0.159 e. The van der Waals surface area contributed by atoms with E-state index in [1.807, 2.05) is 40.5 Å². The quantitative estimate of drug-likeness (QED) is 0.658. The topological polar surface area (TPSA) is 43.1 Å². The predicted octanol–water partition coefficient (Wildman–Crippen LogP) is 4.30. The minimum atomic E-state index is 0.453. The van der Waals surface area contributed by atoms with Gasteiger partial charge in [-0.05, 0) is 25.1 Å². The van der Waals surface area contributed by atoms with E-state index in [9.17, 15) is 0 Å². The molecule has 22 heavy (non-hydrogen) atoms. The van der Waals surface area contributed by atoms with Crippen molar-refractivity contribution in [2.75, 3.05) is 0 Å². The van der Waals surface area contributed by atoms with Crippen LogP contribution in [-0.2, 0) is 6.54 Å². The molecule has 0 fully saturated rings. The molecule has 0 atom stereocenters. The van der Waals surface area contributed by atoms with Crippen molar-refractivity contribution in [3.05, 3.63) is 61.8 Å². The highest BCUT2D eigenvalue weighted by molar-refractivity contribution is 7.08. The van der Waals surface area contributed by atoms with Crippen LogP contribution in [0.15, 0.2) is 34.0 Å². The van der Waals surface area contributed by atoms with E-state index in [0.29, 0.717) is 16.6 Å². The number of rotatable bonds is 1. The Morgan fingerprint density at radius 1 is 1.14 bits per heavy atom. The van der Waals surface area contributed by atoms with Gasteiger partial charge in [-0.1, -0.05) is 23.2 Å². The molecule has 0 unspecified atom stereocenters. The highest BCUT2D eigenvalue weighted by Gasteiger charge is 2.23. The first kappa shape index (κ1) is 13.9. The van der Waals surface area contributed by atoms with Gasteiger partial charge in [0, 0.05) is 26.9 Å². The van der Waals surface area contributed by atoms with E-state index >= 15 is 0 Å². The third kappa shape index (κ3) is 2.08. The van der Waals surface area contributed by atoms with Crippen LogP contribution in [0.1, 0.15) is 22.8 Å². The maximum absolute atomic E-state index is 6.31. The average Bonchev–Trinajstić information content (AvgIpc) is 3.03. The third-order valence-electron chi connectivity index (χ3n) is 3.59. The Morgan fingerprint density at radius 2 is 2.00 bits per heavy atom. The van der Waals surface area contributed by atoms with Gasteiger partial charge in [0.1, 0.15) is 12.4 Å². The molecule has 0 N–H and O–H groups in total. The maximum atomic E-state index is 6.31. The van der Waals surface area contributed by atoms with Crippen molar-refractivity contribution in [3.63, 3.8) is 0 Å². The number of nitrogens with zero attached hydrogens (tertiary/aromatic N) is 4. The zero-order chi connectivity index (χ0) is 15.3. The van der Waals surface area contributed by atoms with Crippen LogP contribution in [0.2, 0.25) is 10.0 Å². The summed E-state index contributed by atoms with van der Waals surface area (Å²) >= 11 is 14.1. The van der Waals surface area contributed by atoms with E-state index in [1.165, 1.54) is 0 Å². The number of aryl methyl sites for hydroxylation is 1. The Labute approximate surface area is 141 Å². The second kappa shape index (κ2) is 5.19. The van der Waals surface area contributed by atoms with Crippen molar-refractivity contribution in [3.8, 4) is 5.69 Å². The highest BCUT2D eigenvalue weighted by atomic mass is 35.5. The minimum absolute atomic E-state index is 0.453. The molecule has 4 rings (SSSR count). The molecule has 3 aromatic rings. The molecule has 1 aliphatic heterocycles. The number of fused-ring (bicyclic) bond motifs is 3. The number of hydrogen-bond acceptors (Lipinski definition) is 4. The first-order valence-electron chi connectivity index (χ1n) is 6.63. The number of aromatic nitrogens is 3. The van der Waals surface area contributed by atoms with Gasteiger partial charge in [-0.2, -0.15) is 11.3 Å². The summed E-state index contributed by atoms with van der Waals surface area (Å²) in [7, 11) is 0. The second-order valence-electron chi connectivity index (χ2n) is 4.96. The van der Waals surface area contributed by atoms with Crippen LogP contribution in [0.4, 0.5) is 0 Å². The van der Waals surface area contributed by atoms with Crippen molar-refractivity contribution in [1.82, 2.24) is 14.8 Å². The van der Waals surface area contributed by atoms with E-state index in [2.05, 4.69) is 10.2 Å².